The SMILES string of the molecule is Cc1[nH]c2ccccc2c1CN1CC2CNCC2C1C. The Morgan fingerprint density at radius 1 is 1.25 bits per heavy atom. The van der Waals surface area contributed by atoms with Crippen LogP contribution in [0.4, 0.5) is 0 Å². The molecular formula is C17H23N3. The fraction of sp³-hybridized carbons (Fsp3) is 0.529. The van der Waals surface area contributed by atoms with Gasteiger partial charge in [0, 0.05) is 35.7 Å². The van der Waals surface area contributed by atoms with Gasteiger partial charge in [0.25, 0.3) is 0 Å². The van der Waals surface area contributed by atoms with E-state index in [0.29, 0.717) is 6.04 Å². The minimum Gasteiger partial charge on any atom is -0.358 e. The number of hydrogen-bond donors (Lipinski definition) is 2. The average molecular weight is 269 g/mol. The van der Waals surface area contributed by atoms with E-state index < -0.39 is 0 Å². The Labute approximate surface area is 120 Å². The number of aryl methyl sites for hydroxylation is 1. The first-order valence-electron chi connectivity index (χ1n) is 7.75. The molecule has 0 saturated carbocycles. The number of rotatable bonds is 2. The predicted molar refractivity (Wildman–Crippen MR) is 82.8 cm³/mol. The third-order valence-corrected chi connectivity index (χ3v) is 5.44. The summed E-state index contributed by atoms with van der Waals surface area (Å²) < 4.78 is 0. The molecule has 3 atom stereocenters. The zero-order valence-corrected chi connectivity index (χ0v) is 12.3. The first-order valence-corrected chi connectivity index (χ1v) is 7.75. The molecule has 106 valence electrons. The normalized spacial score (nSPS) is 30.2. The molecule has 2 fully saturated rings. The summed E-state index contributed by atoms with van der Waals surface area (Å²) in [6, 6.07) is 9.37. The molecular weight excluding hydrogens is 246 g/mol. The van der Waals surface area contributed by atoms with Crippen molar-refractivity contribution in [1.29, 1.82) is 0 Å². The topological polar surface area (TPSA) is 31.1 Å². The van der Waals surface area contributed by atoms with Crippen molar-refractivity contribution in [3.05, 3.63) is 35.5 Å². The van der Waals surface area contributed by atoms with E-state index in [9.17, 15) is 0 Å². The molecule has 0 spiro atoms. The van der Waals surface area contributed by atoms with Crippen molar-refractivity contribution >= 4 is 10.9 Å². The first-order chi connectivity index (χ1) is 9.74. The lowest BCUT2D eigenvalue weighted by molar-refractivity contribution is 0.232. The van der Waals surface area contributed by atoms with Gasteiger partial charge in [-0.15, -0.1) is 0 Å². The highest BCUT2D eigenvalue weighted by Gasteiger charge is 2.41. The molecule has 2 aliphatic rings. The minimum atomic E-state index is 0.697. The number of benzene rings is 1. The largest absolute Gasteiger partial charge is 0.358 e. The molecule has 20 heavy (non-hydrogen) atoms. The maximum Gasteiger partial charge on any atom is 0.0459 e. The zero-order chi connectivity index (χ0) is 13.7. The summed E-state index contributed by atoms with van der Waals surface area (Å²) in [5.41, 5.74) is 4.09. The molecule has 0 radical (unpaired) electrons. The quantitative estimate of drug-likeness (QED) is 0.878. The molecule has 3 nitrogen and oxygen atoms in total. The summed E-state index contributed by atoms with van der Waals surface area (Å²) in [5.74, 6) is 1.70. The van der Waals surface area contributed by atoms with Crippen molar-refractivity contribution in [3.63, 3.8) is 0 Å². The number of para-hydroxylation sites is 1. The van der Waals surface area contributed by atoms with Crippen LogP contribution in [0.3, 0.4) is 0 Å². The van der Waals surface area contributed by atoms with Gasteiger partial charge in [0.05, 0.1) is 0 Å². The van der Waals surface area contributed by atoms with Crippen LogP contribution in [0.1, 0.15) is 18.2 Å². The fourth-order valence-corrected chi connectivity index (χ4v) is 4.21. The number of fused-ring (bicyclic) bond motifs is 2. The van der Waals surface area contributed by atoms with Crippen molar-refractivity contribution < 1.29 is 0 Å². The summed E-state index contributed by atoms with van der Waals surface area (Å²) >= 11 is 0. The second kappa shape index (κ2) is 4.61. The molecule has 0 amide bonds. The first kappa shape index (κ1) is 12.4. The number of H-pyrrole nitrogens is 1. The lowest BCUT2D eigenvalue weighted by Gasteiger charge is -2.24. The molecule has 1 aromatic heterocycles. The van der Waals surface area contributed by atoms with E-state index in [0.717, 1.165) is 18.4 Å². The number of aromatic nitrogens is 1. The fourth-order valence-electron chi connectivity index (χ4n) is 4.21. The van der Waals surface area contributed by atoms with E-state index in [1.54, 1.807) is 0 Å². The maximum absolute atomic E-state index is 3.54. The van der Waals surface area contributed by atoms with Crippen LogP contribution < -0.4 is 5.32 Å². The van der Waals surface area contributed by atoms with Crippen LogP contribution in [0.15, 0.2) is 24.3 Å². The van der Waals surface area contributed by atoms with Gasteiger partial charge in [-0.3, -0.25) is 4.90 Å². The monoisotopic (exact) mass is 269 g/mol. The Kier molecular flexibility index (Phi) is 2.86. The van der Waals surface area contributed by atoms with Gasteiger partial charge in [-0.2, -0.15) is 0 Å². The number of nitrogens with one attached hydrogen (secondary N) is 2. The number of hydrogen-bond acceptors (Lipinski definition) is 2. The minimum absolute atomic E-state index is 0.697. The second-order valence-electron chi connectivity index (χ2n) is 6.53. The van der Waals surface area contributed by atoms with E-state index in [1.807, 2.05) is 0 Å². The van der Waals surface area contributed by atoms with Crippen LogP contribution in [0.25, 0.3) is 10.9 Å². The third kappa shape index (κ3) is 1.80. The van der Waals surface area contributed by atoms with Crippen molar-refractivity contribution in [2.75, 3.05) is 19.6 Å². The highest BCUT2D eigenvalue weighted by Crippen LogP contribution is 2.34. The molecule has 2 N–H and O–H groups in total. The number of aromatic amines is 1. The van der Waals surface area contributed by atoms with E-state index in [-0.39, 0.29) is 0 Å². The Morgan fingerprint density at radius 2 is 2.10 bits per heavy atom. The molecule has 4 rings (SSSR count). The second-order valence-corrected chi connectivity index (χ2v) is 6.53. The molecule has 0 bridgehead atoms. The lowest BCUT2D eigenvalue weighted by atomic mass is 9.95. The molecule has 3 heteroatoms. The van der Waals surface area contributed by atoms with E-state index in [2.05, 4.69) is 53.3 Å². The smallest absolute Gasteiger partial charge is 0.0459 e. The summed E-state index contributed by atoms with van der Waals surface area (Å²) in [5, 5.41) is 4.94. The van der Waals surface area contributed by atoms with Gasteiger partial charge in [-0.25, -0.2) is 0 Å². The van der Waals surface area contributed by atoms with Gasteiger partial charge in [0.2, 0.25) is 0 Å². The molecule has 3 heterocycles. The van der Waals surface area contributed by atoms with E-state index in [4.69, 9.17) is 0 Å². The molecule has 2 aromatic rings. The van der Waals surface area contributed by atoms with Crippen LogP contribution in [-0.4, -0.2) is 35.6 Å². The Morgan fingerprint density at radius 3 is 2.95 bits per heavy atom. The van der Waals surface area contributed by atoms with Gasteiger partial charge >= 0.3 is 0 Å². The van der Waals surface area contributed by atoms with Crippen LogP contribution >= 0.6 is 0 Å². The number of nitrogens with zero attached hydrogens (tertiary/aromatic N) is 1. The Balaban J connectivity index is 1.63. The standard InChI is InChI=1S/C17H23N3/c1-11-16(14-5-3-4-6-17(14)19-11)10-20-9-13-7-18-8-15(13)12(20)2/h3-6,12-13,15,18-19H,7-10H2,1-2H3. The van der Waals surface area contributed by atoms with Crippen molar-refractivity contribution in [2.24, 2.45) is 11.8 Å². The number of likely N-dealkylation sites (tertiary alicyclic amines) is 1. The van der Waals surface area contributed by atoms with E-state index >= 15 is 0 Å². The van der Waals surface area contributed by atoms with Gasteiger partial charge < -0.3 is 10.3 Å². The summed E-state index contributed by atoms with van der Waals surface area (Å²) in [6.45, 7) is 9.36. The van der Waals surface area contributed by atoms with Crippen LogP contribution in [-0.2, 0) is 6.54 Å². The van der Waals surface area contributed by atoms with Crippen molar-refractivity contribution in [3.8, 4) is 0 Å². The van der Waals surface area contributed by atoms with Crippen LogP contribution in [0.5, 0.6) is 0 Å². The average Bonchev–Trinajstić information content (AvgIpc) is 3.09. The van der Waals surface area contributed by atoms with Gasteiger partial charge in [-0.1, -0.05) is 18.2 Å². The summed E-state index contributed by atoms with van der Waals surface area (Å²) in [7, 11) is 0. The Bertz CT molecular complexity index is 630. The third-order valence-electron chi connectivity index (χ3n) is 5.44. The highest BCUT2D eigenvalue weighted by atomic mass is 15.2. The Hall–Kier alpha value is -1.32. The summed E-state index contributed by atoms with van der Waals surface area (Å²) in [4.78, 5) is 6.21. The molecule has 2 saturated heterocycles. The van der Waals surface area contributed by atoms with Gasteiger partial charge in [0.15, 0.2) is 0 Å². The predicted octanol–water partition coefficient (Wildman–Crippen LogP) is 2.52. The molecule has 3 unspecified atom stereocenters. The van der Waals surface area contributed by atoms with Crippen LogP contribution in [0.2, 0.25) is 0 Å². The zero-order valence-electron chi connectivity index (χ0n) is 12.3. The molecule has 0 aliphatic carbocycles. The van der Waals surface area contributed by atoms with Gasteiger partial charge in [-0.05, 0) is 50.4 Å². The lowest BCUT2D eigenvalue weighted by Crippen LogP contribution is -2.32. The van der Waals surface area contributed by atoms with E-state index in [1.165, 1.54) is 41.8 Å². The molecule has 2 aliphatic heterocycles. The molecule has 1 aromatic carbocycles. The highest BCUT2D eigenvalue weighted by molar-refractivity contribution is 5.84. The summed E-state index contributed by atoms with van der Waals surface area (Å²) in [6.07, 6.45) is 0. The maximum atomic E-state index is 3.54. The van der Waals surface area contributed by atoms with Crippen LogP contribution in [0, 0.1) is 18.8 Å². The van der Waals surface area contributed by atoms with Crippen molar-refractivity contribution in [1.82, 2.24) is 15.2 Å². The van der Waals surface area contributed by atoms with Gasteiger partial charge in [0.1, 0.15) is 0 Å². The van der Waals surface area contributed by atoms with Crippen molar-refractivity contribution in [2.45, 2.75) is 26.4 Å².